The van der Waals surface area contributed by atoms with Crippen LogP contribution in [0.1, 0.15) is 25.7 Å². The fraction of sp³-hybridized carbons (Fsp3) is 0.500. The number of carbonyl (C=O) groups is 1. The number of carbonyl (C=O) groups excluding carboxylic acids is 1. The van der Waals surface area contributed by atoms with E-state index in [1.54, 1.807) is 35.2 Å². The normalized spacial score (nSPS) is 20.1. The SMILES string of the molecule is O=C([C@H](O)CS(=O)(=O)c1ccc2cc(Cl)ccc2c1)N1CCC(N2CCCCN2)CC1. The lowest BCUT2D eigenvalue weighted by Gasteiger charge is -2.40. The molecular weight excluding hydrogens is 438 g/mol. The van der Waals surface area contributed by atoms with Crippen molar-refractivity contribution in [2.75, 3.05) is 31.9 Å². The lowest BCUT2D eigenvalue weighted by atomic mass is 10.0. The number of aliphatic hydroxyl groups excluding tert-OH is 1. The molecule has 2 saturated heterocycles. The molecule has 1 atom stereocenters. The molecule has 4 rings (SSSR count). The molecule has 2 heterocycles. The zero-order valence-corrected chi connectivity index (χ0v) is 18.9. The van der Waals surface area contributed by atoms with Crippen LogP contribution in [0.15, 0.2) is 41.3 Å². The molecule has 0 bridgehead atoms. The van der Waals surface area contributed by atoms with Gasteiger partial charge in [-0.3, -0.25) is 10.2 Å². The third-order valence-electron chi connectivity index (χ3n) is 6.15. The summed E-state index contributed by atoms with van der Waals surface area (Å²) in [5, 5.41) is 14.8. The van der Waals surface area contributed by atoms with Gasteiger partial charge in [-0.15, -0.1) is 0 Å². The van der Waals surface area contributed by atoms with Crippen LogP contribution in [-0.2, 0) is 14.6 Å². The highest BCUT2D eigenvalue weighted by atomic mass is 35.5. The number of amides is 1. The highest BCUT2D eigenvalue weighted by Crippen LogP contribution is 2.24. The topological polar surface area (TPSA) is 89.9 Å². The van der Waals surface area contributed by atoms with Crippen molar-refractivity contribution in [3.8, 4) is 0 Å². The number of nitrogens with zero attached hydrogens (tertiary/aromatic N) is 2. The summed E-state index contributed by atoms with van der Waals surface area (Å²) in [5.41, 5.74) is 3.41. The first kappa shape index (κ1) is 22.5. The maximum absolute atomic E-state index is 12.8. The summed E-state index contributed by atoms with van der Waals surface area (Å²) in [6.45, 7) is 3.04. The standard InChI is InChI=1S/C22H28ClN3O4S/c23-18-5-3-17-14-20(6-4-16(17)13-18)31(29,30)15-21(27)22(28)25-11-7-19(8-12-25)26-10-2-1-9-24-26/h3-6,13-14,19,21,24,27H,1-2,7-12,15H2/t21-/m1/s1. The Morgan fingerprint density at radius 3 is 2.52 bits per heavy atom. The van der Waals surface area contributed by atoms with Gasteiger partial charge in [-0.25, -0.2) is 13.4 Å². The van der Waals surface area contributed by atoms with Gasteiger partial charge in [-0.1, -0.05) is 23.7 Å². The third-order valence-corrected chi connectivity index (χ3v) is 8.11. The van der Waals surface area contributed by atoms with Crippen molar-refractivity contribution in [3.05, 3.63) is 41.4 Å². The number of piperidine rings is 1. The Morgan fingerprint density at radius 2 is 1.81 bits per heavy atom. The molecule has 2 aliphatic heterocycles. The molecule has 0 saturated carbocycles. The average molecular weight is 466 g/mol. The molecule has 2 N–H and O–H groups in total. The first-order chi connectivity index (χ1) is 14.8. The summed E-state index contributed by atoms with van der Waals surface area (Å²) in [6.07, 6.45) is 2.40. The van der Waals surface area contributed by atoms with Gasteiger partial charge in [-0.2, -0.15) is 0 Å². The fourth-order valence-corrected chi connectivity index (χ4v) is 5.91. The Bertz CT molecular complexity index is 1050. The molecule has 0 radical (unpaired) electrons. The summed E-state index contributed by atoms with van der Waals surface area (Å²) in [4.78, 5) is 14.4. The van der Waals surface area contributed by atoms with Crippen LogP contribution in [0.2, 0.25) is 5.02 Å². The van der Waals surface area contributed by atoms with Crippen molar-refractivity contribution in [3.63, 3.8) is 0 Å². The van der Waals surface area contributed by atoms with Crippen LogP contribution in [0.5, 0.6) is 0 Å². The molecule has 9 heteroatoms. The van der Waals surface area contributed by atoms with E-state index in [4.69, 9.17) is 11.6 Å². The second-order valence-electron chi connectivity index (χ2n) is 8.32. The summed E-state index contributed by atoms with van der Waals surface area (Å²) in [6, 6.07) is 10.3. The number of hydrazine groups is 1. The van der Waals surface area contributed by atoms with Crippen molar-refractivity contribution in [1.82, 2.24) is 15.3 Å². The van der Waals surface area contributed by atoms with Crippen molar-refractivity contribution in [1.29, 1.82) is 0 Å². The largest absolute Gasteiger partial charge is 0.382 e. The Morgan fingerprint density at radius 1 is 1.10 bits per heavy atom. The number of rotatable bonds is 5. The first-order valence-electron chi connectivity index (χ1n) is 10.7. The number of fused-ring (bicyclic) bond motifs is 1. The van der Waals surface area contributed by atoms with E-state index in [2.05, 4.69) is 10.4 Å². The molecule has 2 aromatic rings. The number of hydrogen-bond donors (Lipinski definition) is 2. The number of aliphatic hydroxyl groups is 1. The number of benzene rings is 2. The van der Waals surface area contributed by atoms with Gasteiger partial charge in [0.15, 0.2) is 9.84 Å². The minimum Gasteiger partial charge on any atom is -0.382 e. The number of nitrogens with one attached hydrogen (secondary N) is 1. The molecule has 0 unspecified atom stereocenters. The maximum Gasteiger partial charge on any atom is 0.252 e. The van der Waals surface area contributed by atoms with Crippen LogP contribution in [0.25, 0.3) is 10.8 Å². The molecule has 2 fully saturated rings. The van der Waals surface area contributed by atoms with Gasteiger partial charge < -0.3 is 10.0 Å². The molecule has 0 aliphatic carbocycles. The van der Waals surface area contributed by atoms with Crippen molar-refractivity contribution in [2.24, 2.45) is 0 Å². The monoisotopic (exact) mass is 465 g/mol. The van der Waals surface area contributed by atoms with Gasteiger partial charge in [0.2, 0.25) is 0 Å². The molecule has 2 aliphatic rings. The van der Waals surface area contributed by atoms with Gasteiger partial charge in [0.25, 0.3) is 5.91 Å². The Labute approximate surface area is 187 Å². The van der Waals surface area contributed by atoms with E-state index in [1.807, 2.05) is 0 Å². The second-order valence-corrected chi connectivity index (χ2v) is 10.8. The predicted molar refractivity (Wildman–Crippen MR) is 121 cm³/mol. The van der Waals surface area contributed by atoms with Gasteiger partial charge >= 0.3 is 0 Å². The summed E-state index contributed by atoms with van der Waals surface area (Å²) in [7, 11) is -3.82. The number of sulfone groups is 1. The van der Waals surface area contributed by atoms with Crippen LogP contribution in [-0.4, -0.2) is 73.4 Å². The van der Waals surface area contributed by atoms with Gasteiger partial charge in [-0.05, 0) is 60.7 Å². The Balaban J connectivity index is 1.37. The zero-order valence-electron chi connectivity index (χ0n) is 17.3. The summed E-state index contributed by atoms with van der Waals surface area (Å²) >= 11 is 5.98. The zero-order chi connectivity index (χ0) is 22.0. The van der Waals surface area contributed by atoms with Crippen molar-refractivity contribution >= 4 is 38.1 Å². The van der Waals surface area contributed by atoms with E-state index >= 15 is 0 Å². The van der Waals surface area contributed by atoms with Crippen LogP contribution in [0.4, 0.5) is 0 Å². The maximum atomic E-state index is 12.8. The molecule has 1 amide bonds. The van der Waals surface area contributed by atoms with E-state index in [9.17, 15) is 18.3 Å². The number of halogens is 1. The van der Waals surface area contributed by atoms with Crippen LogP contribution >= 0.6 is 11.6 Å². The Kier molecular flexibility index (Phi) is 6.83. The van der Waals surface area contributed by atoms with Crippen molar-refractivity contribution < 1.29 is 18.3 Å². The summed E-state index contributed by atoms with van der Waals surface area (Å²) in [5.74, 6) is -1.14. The summed E-state index contributed by atoms with van der Waals surface area (Å²) < 4.78 is 25.7. The van der Waals surface area contributed by atoms with E-state index in [1.165, 1.54) is 18.9 Å². The Hall–Kier alpha value is -1.71. The highest BCUT2D eigenvalue weighted by Gasteiger charge is 2.32. The minimum atomic E-state index is -3.82. The quantitative estimate of drug-likeness (QED) is 0.703. The van der Waals surface area contributed by atoms with Crippen LogP contribution < -0.4 is 5.43 Å². The van der Waals surface area contributed by atoms with Crippen LogP contribution in [0.3, 0.4) is 0 Å². The molecule has 2 aromatic carbocycles. The van der Waals surface area contributed by atoms with Gasteiger partial charge in [0.05, 0.1) is 10.6 Å². The van der Waals surface area contributed by atoms with Crippen LogP contribution in [0, 0.1) is 0 Å². The first-order valence-corrected chi connectivity index (χ1v) is 12.8. The molecule has 168 valence electrons. The van der Waals surface area contributed by atoms with E-state index in [-0.39, 0.29) is 4.90 Å². The second kappa shape index (κ2) is 9.42. The van der Waals surface area contributed by atoms with E-state index < -0.39 is 27.6 Å². The molecular formula is C22H28ClN3O4S. The van der Waals surface area contributed by atoms with Gasteiger partial charge in [0, 0.05) is 37.2 Å². The average Bonchev–Trinajstić information content (AvgIpc) is 2.78. The molecule has 0 spiro atoms. The molecule has 0 aromatic heterocycles. The lowest BCUT2D eigenvalue weighted by molar-refractivity contribution is -0.141. The van der Waals surface area contributed by atoms with Crippen molar-refractivity contribution in [2.45, 2.75) is 42.7 Å². The van der Waals surface area contributed by atoms with Gasteiger partial charge in [0.1, 0.15) is 6.10 Å². The molecule has 7 nitrogen and oxygen atoms in total. The number of hydrogen-bond acceptors (Lipinski definition) is 6. The smallest absolute Gasteiger partial charge is 0.252 e. The lowest BCUT2D eigenvalue weighted by Crippen LogP contribution is -2.55. The third kappa shape index (κ3) is 5.21. The highest BCUT2D eigenvalue weighted by molar-refractivity contribution is 7.91. The minimum absolute atomic E-state index is 0.0871. The fourth-order valence-electron chi connectivity index (χ4n) is 4.39. The predicted octanol–water partition coefficient (Wildman–Crippen LogP) is 2.22. The van der Waals surface area contributed by atoms with E-state index in [0.29, 0.717) is 24.2 Å². The number of likely N-dealkylation sites (tertiary alicyclic amines) is 1. The van der Waals surface area contributed by atoms with E-state index in [0.717, 1.165) is 36.7 Å². The molecule has 31 heavy (non-hydrogen) atoms.